The molecule has 0 saturated heterocycles. The maximum Gasteiger partial charge on any atom is 0.0270 e. The minimum absolute atomic E-state index is 1.02. The van der Waals surface area contributed by atoms with Crippen LogP contribution in [0.2, 0.25) is 0 Å². The number of terminal acetylenes is 1. The van der Waals surface area contributed by atoms with Crippen molar-refractivity contribution in [2.45, 2.75) is 19.8 Å². The Bertz CT molecular complexity index is 317. The van der Waals surface area contributed by atoms with Gasteiger partial charge in [0.15, 0.2) is 0 Å². The minimum atomic E-state index is 1.02. The molecule has 1 rings (SSSR count). The van der Waals surface area contributed by atoms with Crippen molar-refractivity contribution in [1.82, 2.24) is 4.98 Å². The third-order valence-electron chi connectivity index (χ3n) is 1.89. The Morgan fingerprint density at radius 3 is 2.85 bits per heavy atom. The first kappa shape index (κ1) is 9.54. The van der Waals surface area contributed by atoms with Crippen LogP contribution in [0.3, 0.4) is 0 Å². The molecule has 1 aromatic rings. The molecular formula is C12H13N. The number of hydrogen-bond acceptors (Lipinski definition) is 1. The molecule has 1 heterocycles. The Hall–Kier alpha value is -1.55. The van der Waals surface area contributed by atoms with Gasteiger partial charge in [0, 0.05) is 12.4 Å². The third-order valence-corrected chi connectivity index (χ3v) is 1.89. The molecule has 0 unspecified atom stereocenters. The van der Waals surface area contributed by atoms with E-state index >= 15 is 0 Å². The highest BCUT2D eigenvalue weighted by Gasteiger charge is 1.92. The lowest BCUT2D eigenvalue weighted by molar-refractivity contribution is 0.938. The van der Waals surface area contributed by atoms with Crippen LogP contribution < -0.4 is 0 Å². The number of aryl methyl sites for hydroxylation is 1. The van der Waals surface area contributed by atoms with Crippen molar-refractivity contribution < 1.29 is 0 Å². The van der Waals surface area contributed by atoms with E-state index in [0.29, 0.717) is 0 Å². The fraction of sp³-hybridized carbons (Fsp3) is 0.250. The molecule has 1 aromatic heterocycles. The first-order valence-corrected chi connectivity index (χ1v) is 4.33. The number of pyridine rings is 1. The van der Waals surface area contributed by atoms with Gasteiger partial charge >= 0.3 is 0 Å². The van der Waals surface area contributed by atoms with Gasteiger partial charge in [0.2, 0.25) is 0 Å². The fourth-order valence-electron chi connectivity index (χ4n) is 1.11. The summed E-state index contributed by atoms with van der Waals surface area (Å²) in [5, 5.41) is 0. The van der Waals surface area contributed by atoms with Crippen molar-refractivity contribution in [2.24, 2.45) is 0 Å². The number of aromatic nitrogens is 1. The van der Waals surface area contributed by atoms with Crippen molar-refractivity contribution in [3.8, 4) is 12.3 Å². The van der Waals surface area contributed by atoms with E-state index in [1.165, 1.54) is 11.1 Å². The average Bonchev–Trinajstić information content (AvgIpc) is 2.17. The van der Waals surface area contributed by atoms with Gasteiger partial charge in [-0.2, -0.15) is 0 Å². The van der Waals surface area contributed by atoms with Crippen LogP contribution in [0.1, 0.15) is 18.9 Å². The highest BCUT2D eigenvalue weighted by Crippen LogP contribution is 2.06. The summed E-state index contributed by atoms with van der Waals surface area (Å²) in [6.45, 7) is 2.06. The van der Waals surface area contributed by atoms with Gasteiger partial charge in [-0.1, -0.05) is 11.5 Å². The monoisotopic (exact) mass is 171 g/mol. The smallest absolute Gasteiger partial charge is 0.0270 e. The van der Waals surface area contributed by atoms with E-state index in [-0.39, 0.29) is 0 Å². The zero-order chi connectivity index (χ0) is 9.52. The molecule has 1 nitrogen and oxygen atoms in total. The van der Waals surface area contributed by atoms with E-state index < -0.39 is 0 Å². The Balaban J connectivity index is 2.45. The summed E-state index contributed by atoms with van der Waals surface area (Å²) in [7, 11) is 0. The van der Waals surface area contributed by atoms with Gasteiger partial charge in [0.25, 0.3) is 0 Å². The Labute approximate surface area is 79.5 Å². The van der Waals surface area contributed by atoms with Crippen LogP contribution in [0, 0.1) is 12.3 Å². The highest BCUT2D eigenvalue weighted by atomic mass is 14.6. The first-order valence-electron chi connectivity index (χ1n) is 4.33. The van der Waals surface area contributed by atoms with E-state index in [0.717, 1.165) is 12.8 Å². The van der Waals surface area contributed by atoms with Gasteiger partial charge in [0.1, 0.15) is 0 Å². The molecule has 0 aliphatic carbocycles. The molecule has 0 aliphatic rings. The zero-order valence-electron chi connectivity index (χ0n) is 7.83. The van der Waals surface area contributed by atoms with Crippen molar-refractivity contribution in [3.05, 3.63) is 41.7 Å². The molecule has 0 bridgehead atoms. The molecule has 0 radical (unpaired) electrons. The maximum absolute atomic E-state index is 5.16. The lowest BCUT2D eigenvalue weighted by Crippen LogP contribution is -1.86. The fourth-order valence-corrected chi connectivity index (χ4v) is 1.11. The molecule has 66 valence electrons. The third kappa shape index (κ3) is 3.57. The quantitative estimate of drug-likeness (QED) is 0.637. The van der Waals surface area contributed by atoms with Crippen LogP contribution in [0.25, 0.3) is 0 Å². The van der Waals surface area contributed by atoms with E-state index in [2.05, 4.69) is 17.8 Å². The number of nitrogens with zero attached hydrogens (tertiary/aromatic N) is 1. The largest absolute Gasteiger partial charge is 0.265 e. The lowest BCUT2D eigenvalue weighted by Gasteiger charge is -1.99. The summed E-state index contributed by atoms with van der Waals surface area (Å²) in [6, 6.07) is 4.06. The van der Waals surface area contributed by atoms with Crippen molar-refractivity contribution >= 4 is 0 Å². The summed E-state index contributed by atoms with van der Waals surface area (Å²) in [5.41, 5.74) is 2.55. The van der Waals surface area contributed by atoms with E-state index in [9.17, 15) is 0 Å². The normalized spacial score (nSPS) is 10.9. The van der Waals surface area contributed by atoms with Crippen LogP contribution in [-0.2, 0) is 6.42 Å². The second-order valence-corrected chi connectivity index (χ2v) is 3.01. The van der Waals surface area contributed by atoms with Crippen LogP contribution in [0.15, 0.2) is 36.2 Å². The molecule has 0 amide bonds. The van der Waals surface area contributed by atoms with E-state index in [1.54, 1.807) is 0 Å². The van der Waals surface area contributed by atoms with Gasteiger partial charge in [-0.05, 0) is 43.5 Å². The minimum Gasteiger partial charge on any atom is -0.265 e. The highest BCUT2D eigenvalue weighted by molar-refractivity contribution is 5.18. The lowest BCUT2D eigenvalue weighted by atomic mass is 10.1. The van der Waals surface area contributed by atoms with Gasteiger partial charge in [0.05, 0.1) is 0 Å². The Morgan fingerprint density at radius 1 is 1.54 bits per heavy atom. The van der Waals surface area contributed by atoms with Gasteiger partial charge in [-0.3, -0.25) is 4.98 Å². The van der Waals surface area contributed by atoms with Crippen LogP contribution in [-0.4, -0.2) is 4.98 Å². The summed E-state index contributed by atoms with van der Waals surface area (Å²) < 4.78 is 0. The molecule has 0 N–H and O–H groups in total. The summed E-state index contributed by atoms with van der Waals surface area (Å²) in [6.07, 6.45) is 12.7. The summed E-state index contributed by atoms with van der Waals surface area (Å²) in [5.74, 6) is 2.53. The summed E-state index contributed by atoms with van der Waals surface area (Å²) >= 11 is 0. The average molecular weight is 171 g/mol. The molecule has 1 heteroatoms. The van der Waals surface area contributed by atoms with E-state index in [4.69, 9.17) is 6.42 Å². The predicted octanol–water partition coefficient (Wildman–Crippen LogP) is 2.59. The molecule has 0 aromatic carbocycles. The Morgan fingerprint density at radius 2 is 2.23 bits per heavy atom. The molecule has 0 spiro atoms. The number of hydrogen-bond donors (Lipinski definition) is 0. The predicted molar refractivity (Wildman–Crippen MR) is 55.1 cm³/mol. The second kappa shape index (κ2) is 5.16. The first-order chi connectivity index (χ1) is 6.33. The standard InChI is InChI=1S/C12H13N/c1-3-4-11(2)5-6-12-7-9-13-10-8-12/h1,4,7-10H,5-6H2,2H3/b11-4+. The van der Waals surface area contributed by atoms with Gasteiger partial charge in [-0.15, -0.1) is 6.42 Å². The van der Waals surface area contributed by atoms with Crippen molar-refractivity contribution in [2.75, 3.05) is 0 Å². The SMILES string of the molecule is C#C/C=C(\C)CCc1ccncc1. The number of rotatable bonds is 3. The van der Waals surface area contributed by atoms with Gasteiger partial charge in [-0.25, -0.2) is 0 Å². The molecule has 0 fully saturated rings. The molecular weight excluding hydrogens is 158 g/mol. The molecule has 13 heavy (non-hydrogen) atoms. The van der Waals surface area contributed by atoms with Crippen LogP contribution >= 0.6 is 0 Å². The second-order valence-electron chi connectivity index (χ2n) is 3.01. The maximum atomic E-state index is 5.16. The Kier molecular flexibility index (Phi) is 3.78. The summed E-state index contributed by atoms with van der Waals surface area (Å²) in [4.78, 5) is 3.96. The van der Waals surface area contributed by atoms with Crippen LogP contribution in [0.5, 0.6) is 0 Å². The molecule has 0 atom stereocenters. The van der Waals surface area contributed by atoms with Crippen LogP contribution in [0.4, 0.5) is 0 Å². The zero-order valence-corrected chi connectivity index (χ0v) is 7.83. The van der Waals surface area contributed by atoms with Crippen molar-refractivity contribution in [1.29, 1.82) is 0 Å². The molecule has 0 aliphatic heterocycles. The molecule has 0 saturated carbocycles. The van der Waals surface area contributed by atoms with E-state index in [1.807, 2.05) is 30.6 Å². The topological polar surface area (TPSA) is 12.9 Å². The van der Waals surface area contributed by atoms with Gasteiger partial charge < -0.3 is 0 Å². The van der Waals surface area contributed by atoms with Crippen molar-refractivity contribution in [3.63, 3.8) is 0 Å². The number of allylic oxidation sites excluding steroid dienone is 2.